The highest BCUT2D eigenvalue weighted by Gasteiger charge is 2.13. The summed E-state index contributed by atoms with van der Waals surface area (Å²) in [5.41, 5.74) is 11.3. The van der Waals surface area contributed by atoms with Crippen LogP contribution in [0.25, 0.3) is 0 Å². The average Bonchev–Trinajstić information content (AvgIpc) is 2.48. The smallest absolute Gasteiger partial charge is 0.0562 e. The highest BCUT2D eigenvalue weighted by atomic mass is 79.9. The van der Waals surface area contributed by atoms with E-state index < -0.39 is 0 Å². The Morgan fingerprint density at radius 2 is 1.65 bits per heavy atom. The molecule has 0 saturated carbocycles. The molecule has 0 spiro atoms. The molecule has 106 valence electrons. The van der Waals surface area contributed by atoms with Gasteiger partial charge in [0.25, 0.3) is 0 Å². The summed E-state index contributed by atoms with van der Waals surface area (Å²) in [7, 11) is 0. The van der Waals surface area contributed by atoms with Gasteiger partial charge in [0.05, 0.1) is 6.04 Å². The van der Waals surface area contributed by atoms with Crippen LogP contribution in [0.4, 0.5) is 0 Å². The summed E-state index contributed by atoms with van der Waals surface area (Å²) in [6.07, 6.45) is 1.16. The van der Waals surface area contributed by atoms with Crippen LogP contribution in [-0.2, 0) is 0 Å². The first-order chi connectivity index (χ1) is 9.52. The van der Waals surface area contributed by atoms with E-state index in [1.54, 1.807) is 0 Å². The lowest BCUT2D eigenvalue weighted by Crippen LogP contribution is -2.12. The lowest BCUT2D eigenvalue weighted by atomic mass is 9.93. The molecular formula is C18H22BrN. The highest BCUT2D eigenvalue weighted by Crippen LogP contribution is 2.29. The molecule has 0 aliphatic heterocycles. The van der Waals surface area contributed by atoms with E-state index in [0.29, 0.717) is 5.92 Å². The molecule has 2 atom stereocenters. The van der Waals surface area contributed by atoms with Crippen molar-refractivity contribution < 1.29 is 0 Å². The summed E-state index contributed by atoms with van der Waals surface area (Å²) >= 11 is 3.60. The maximum Gasteiger partial charge on any atom is 0.0562 e. The molecular weight excluding hydrogens is 310 g/mol. The van der Waals surface area contributed by atoms with Gasteiger partial charge in [0.15, 0.2) is 0 Å². The van der Waals surface area contributed by atoms with Gasteiger partial charge >= 0.3 is 0 Å². The largest absolute Gasteiger partial charge is 0.320 e. The molecule has 0 heterocycles. The minimum Gasteiger partial charge on any atom is -0.320 e. The predicted molar refractivity (Wildman–Crippen MR) is 90.1 cm³/mol. The fourth-order valence-electron chi connectivity index (χ4n) is 2.35. The third-order valence-electron chi connectivity index (χ3n) is 3.96. The van der Waals surface area contributed by atoms with E-state index >= 15 is 0 Å². The van der Waals surface area contributed by atoms with Crippen LogP contribution in [0.5, 0.6) is 0 Å². The van der Waals surface area contributed by atoms with E-state index in [1.807, 2.05) is 0 Å². The fraction of sp³-hybridized carbons (Fsp3) is 0.333. The van der Waals surface area contributed by atoms with Gasteiger partial charge in [0.1, 0.15) is 0 Å². The van der Waals surface area contributed by atoms with Gasteiger partial charge in [0.2, 0.25) is 0 Å². The van der Waals surface area contributed by atoms with Crippen LogP contribution < -0.4 is 5.73 Å². The molecule has 2 N–H and O–H groups in total. The number of aryl methyl sites for hydroxylation is 1. The minimum absolute atomic E-state index is 0.0877. The van der Waals surface area contributed by atoms with E-state index in [9.17, 15) is 0 Å². The normalized spacial score (nSPS) is 14.1. The monoisotopic (exact) mass is 331 g/mol. The number of hydrogen-bond acceptors (Lipinski definition) is 1. The highest BCUT2D eigenvalue weighted by molar-refractivity contribution is 9.10. The van der Waals surface area contributed by atoms with Crippen LogP contribution in [0, 0.1) is 6.92 Å². The van der Waals surface area contributed by atoms with Crippen molar-refractivity contribution in [1.82, 2.24) is 0 Å². The standard InChI is InChI=1S/C18H22BrN/c1-4-13(3)14-6-8-15(9-7-14)18(20)16-11-12(2)5-10-17(16)19/h5-11,13,18H,4,20H2,1-3H3. The van der Waals surface area contributed by atoms with Crippen LogP contribution in [0.3, 0.4) is 0 Å². The van der Waals surface area contributed by atoms with Gasteiger partial charge in [-0.25, -0.2) is 0 Å². The quantitative estimate of drug-likeness (QED) is 0.806. The maximum absolute atomic E-state index is 6.41. The Balaban J connectivity index is 2.29. The van der Waals surface area contributed by atoms with Gasteiger partial charge in [-0.15, -0.1) is 0 Å². The van der Waals surface area contributed by atoms with Crippen molar-refractivity contribution in [3.8, 4) is 0 Å². The van der Waals surface area contributed by atoms with Crippen LogP contribution in [0.1, 0.15) is 54.5 Å². The number of nitrogens with two attached hydrogens (primary N) is 1. The second-order valence-corrected chi connectivity index (χ2v) is 6.33. The van der Waals surface area contributed by atoms with E-state index in [-0.39, 0.29) is 6.04 Å². The molecule has 0 aliphatic rings. The summed E-state index contributed by atoms with van der Waals surface area (Å²) in [6, 6.07) is 14.9. The van der Waals surface area contributed by atoms with Crippen LogP contribution in [-0.4, -0.2) is 0 Å². The summed E-state index contributed by atoms with van der Waals surface area (Å²) < 4.78 is 1.07. The van der Waals surface area contributed by atoms with E-state index in [0.717, 1.165) is 22.0 Å². The second kappa shape index (κ2) is 6.55. The van der Waals surface area contributed by atoms with Gasteiger partial charge < -0.3 is 5.73 Å². The maximum atomic E-state index is 6.41. The van der Waals surface area contributed by atoms with Crippen molar-refractivity contribution >= 4 is 15.9 Å². The SMILES string of the molecule is CCC(C)c1ccc(C(N)c2cc(C)ccc2Br)cc1. The van der Waals surface area contributed by atoms with Crippen molar-refractivity contribution in [2.24, 2.45) is 5.73 Å². The zero-order valence-corrected chi connectivity index (χ0v) is 13.9. The van der Waals surface area contributed by atoms with Gasteiger partial charge in [-0.1, -0.05) is 71.7 Å². The van der Waals surface area contributed by atoms with Crippen molar-refractivity contribution in [3.63, 3.8) is 0 Å². The Bertz CT molecular complexity index is 574. The van der Waals surface area contributed by atoms with Gasteiger partial charge in [-0.05, 0) is 42.0 Å². The third kappa shape index (κ3) is 3.31. The molecule has 1 nitrogen and oxygen atoms in total. The summed E-state index contributed by atoms with van der Waals surface area (Å²) in [5.74, 6) is 0.603. The molecule has 0 radical (unpaired) electrons. The van der Waals surface area contributed by atoms with Gasteiger partial charge in [0, 0.05) is 4.47 Å². The molecule has 0 fully saturated rings. The van der Waals surface area contributed by atoms with Crippen LogP contribution >= 0.6 is 15.9 Å². The Hall–Kier alpha value is -1.12. The van der Waals surface area contributed by atoms with Crippen molar-refractivity contribution in [1.29, 1.82) is 0 Å². The first-order valence-electron chi connectivity index (χ1n) is 7.14. The van der Waals surface area contributed by atoms with Crippen LogP contribution in [0.15, 0.2) is 46.9 Å². The Morgan fingerprint density at radius 1 is 1.05 bits per heavy atom. The number of benzene rings is 2. The summed E-state index contributed by atoms with van der Waals surface area (Å²) in [4.78, 5) is 0. The Kier molecular flexibility index (Phi) is 5.00. The zero-order chi connectivity index (χ0) is 14.7. The van der Waals surface area contributed by atoms with E-state index in [2.05, 4.69) is 79.2 Å². The third-order valence-corrected chi connectivity index (χ3v) is 4.69. The van der Waals surface area contributed by atoms with Crippen molar-refractivity contribution in [3.05, 3.63) is 69.2 Å². The van der Waals surface area contributed by atoms with Crippen molar-refractivity contribution in [2.45, 2.75) is 39.2 Å². The fourth-order valence-corrected chi connectivity index (χ4v) is 2.84. The molecule has 2 aromatic carbocycles. The topological polar surface area (TPSA) is 26.0 Å². The zero-order valence-electron chi connectivity index (χ0n) is 12.4. The molecule has 2 unspecified atom stereocenters. The number of halogens is 1. The summed E-state index contributed by atoms with van der Waals surface area (Å²) in [5, 5.41) is 0. The first kappa shape index (κ1) is 15.3. The molecule has 2 rings (SSSR count). The minimum atomic E-state index is -0.0877. The predicted octanol–water partition coefficient (Wildman–Crippen LogP) is 5.32. The molecule has 2 heteroatoms. The van der Waals surface area contributed by atoms with E-state index in [1.165, 1.54) is 11.1 Å². The van der Waals surface area contributed by atoms with Crippen LogP contribution in [0.2, 0.25) is 0 Å². The van der Waals surface area contributed by atoms with Crippen molar-refractivity contribution in [2.75, 3.05) is 0 Å². The second-order valence-electron chi connectivity index (χ2n) is 5.48. The number of rotatable bonds is 4. The number of hydrogen-bond donors (Lipinski definition) is 1. The Labute approximate surface area is 130 Å². The van der Waals surface area contributed by atoms with Gasteiger partial charge in [-0.3, -0.25) is 0 Å². The lowest BCUT2D eigenvalue weighted by Gasteiger charge is -2.17. The molecule has 0 saturated heterocycles. The molecule has 20 heavy (non-hydrogen) atoms. The molecule has 0 bridgehead atoms. The molecule has 0 aromatic heterocycles. The molecule has 0 amide bonds. The van der Waals surface area contributed by atoms with Gasteiger partial charge in [-0.2, -0.15) is 0 Å². The average molecular weight is 332 g/mol. The molecule has 0 aliphatic carbocycles. The Morgan fingerprint density at radius 3 is 2.25 bits per heavy atom. The van der Waals surface area contributed by atoms with E-state index in [4.69, 9.17) is 5.73 Å². The lowest BCUT2D eigenvalue weighted by molar-refractivity contribution is 0.732. The molecule has 2 aromatic rings. The summed E-state index contributed by atoms with van der Waals surface area (Å²) in [6.45, 7) is 6.56. The first-order valence-corrected chi connectivity index (χ1v) is 7.93.